The van der Waals surface area contributed by atoms with Crippen molar-refractivity contribution in [2.24, 2.45) is 29.4 Å². The van der Waals surface area contributed by atoms with Crippen LogP contribution in [0.5, 0.6) is 5.75 Å². The summed E-state index contributed by atoms with van der Waals surface area (Å²) in [5.74, 6) is -10.6. The third-order valence-electron chi connectivity index (χ3n) is 7.67. The van der Waals surface area contributed by atoms with Gasteiger partial charge in [0.15, 0.2) is 34.7 Å². The number of carbonyl (C=O) groups is 5. The van der Waals surface area contributed by atoms with Crippen LogP contribution in [0.2, 0.25) is 0 Å². The topological polar surface area (TPSA) is 173 Å². The first kappa shape index (κ1) is 23.1. The molecule has 1 aromatic heterocycles. The number of rotatable bonds is 3. The van der Waals surface area contributed by atoms with Crippen LogP contribution in [0, 0.1) is 23.7 Å². The van der Waals surface area contributed by atoms with Crippen molar-refractivity contribution in [2.45, 2.75) is 24.5 Å². The Morgan fingerprint density at radius 3 is 2.51 bits per heavy atom. The number of phenols is 1. The highest BCUT2D eigenvalue weighted by Crippen LogP contribution is 2.51. The average molecular weight is 480 g/mol. The first-order chi connectivity index (χ1) is 16.5. The molecule has 2 saturated carbocycles. The number of hydrogen-bond acceptors (Lipinski definition) is 9. The van der Waals surface area contributed by atoms with E-state index in [1.165, 1.54) is 11.0 Å². The number of nitrogens with zero attached hydrogens (tertiary/aromatic N) is 3. The van der Waals surface area contributed by atoms with E-state index in [-0.39, 0.29) is 24.2 Å². The minimum absolute atomic E-state index is 0.00189. The summed E-state index contributed by atoms with van der Waals surface area (Å²) in [6.07, 6.45) is 3.42. The van der Waals surface area contributed by atoms with E-state index in [2.05, 4.69) is 5.10 Å². The minimum atomic E-state index is -2.73. The third kappa shape index (κ3) is 2.98. The van der Waals surface area contributed by atoms with Gasteiger partial charge in [-0.25, -0.2) is 4.68 Å². The Kier molecular flexibility index (Phi) is 5.04. The highest BCUT2D eigenvalue weighted by Gasteiger charge is 2.69. The van der Waals surface area contributed by atoms with Crippen molar-refractivity contribution >= 4 is 29.0 Å². The Morgan fingerprint density at radius 2 is 1.91 bits per heavy atom. The van der Waals surface area contributed by atoms with E-state index in [9.17, 15) is 34.2 Å². The third-order valence-corrected chi connectivity index (χ3v) is 7.67. The van der Waals surface area contributed by atoms with Gasteiger partial charge in [0.05, 0.1) is 23.2 Å². The zero-order valence-electron chi connectivity index (χ0n) is 19.0. The molecule has 2 unspecified atom stereocenters. The highest BCUT2D eigenvalue weighted by atomic mass is 16.3. The van der Waals surface area contributed by atoms with E-state index >= 15 is 0 Å². The van der Waals surface area contributed by atoms with Crippen LogP contribution in [-0.2, 0) is 25.6 Å². The molecule has 5 rings (SSSR count). The van der Waals surface area contributed by atoms with E-state index in [1.54, 1.807) is 43.3 Å². The number of Topliss-reactive ketones (excluding diaryl/α,β-unsaturated/α-hetero) is 4. The fourth-order valence-corrected chi connectivity index (χ4v) is 6.21. The number of fused-ring (bicyclic) bond motifs is 3. The first-order valence-electron chi connectivity index (χ1n) is 11.2. The van der Waals surface area contributed by atoms with Gasteiger partial charge in [-0.2, -0.15) is 5.10 Å². The molecule has 2 fully saturated rings. The largest absolute Gasteiger partial charge is 0.507 e. The van der Waals surface area contributed by atoms with Gasteiger partial charge in [0.1, 0.15) is 5.75 Å². The molecule has 0 spiro atoms. The van der Waals surface area contributed by atoms with Gasteiger partial charge < -0.3 is 15.9 Å². The van der Waals surface area contributed by atoms with Gasteiger partial charge in [-0.3, -0.25) is 28.9 Å². The number of nitrogens with two attached hydrogens (primary N) is 1. The molecule has 0 saturated heterocycles. The molecule has 11 heteroatoms. The molecular weight excluding hydrogens is 456 g/mol. The summed E-state index contributed by atoms with van der Waals surface area (Å²) in [6.45, 7) is 0. The molecule has 11 nitrogen and oxygen atoms in total. The van der Waals surface area contributed by atoms with Crippen molar-refractivity contribution in [3.05, 3.63) is 41.7 Å². The zero-order chi connectivity index (χ0) is 25.4. The SMILES string of the molecule is CN(C)[C@@H]1C(=O)C(C(N)=O)C(=O)[C@@]2(O)C(=O)C3C(=O)c4c(O)ccc(-n5cccn5)c4C[C@H]3C[C@@H]12. The number of likely N-dealkylation sites (N-methyl/N-ethyl adjacent to an activating group) is 1. The van der Waals surface area contributed by atoms with Gasteiger partial charge in [-0.15, -0.1) is 0 Å². The maximum Gasteiger partial charge on any atom is 0.235 e. The molecule has 1 heterocycles. The maximum atomic E-state index is 13.7. The number of aromatic nitrogens is 2. The summed E-state index contributed by atoms with van der Waals surface area (Å²) in [5.41, 5.74) is 3.56. The molecule has 0 aliphatic heterocycles. The van der Waals surface area contributed by atoms with Gasteiger partial charge in [-0.1, -0.05) is 0 Å². The molecule has 1 aromatic carbocycles. The van der Waals surface area contributed by atoms with Crippen LogP contribution >= 0.6 is 0 Å². The Morgan fingerprint density at radius 1 is 1.20 bits per heavy atom. The van der Waals surface area contributed by atoms with Crippen LogP contribution in [0.25, 0.3) is 5.69 Å². The van der Waals surface area contributed by atoms with Crippen LogP contribution in [0.3, 0.4) is 0 Å². The Bertz CT molecular complexity index is 1300. The Labute approximate surface area is 199 Å². The molecule has 3 aliphatic rings. The van der Waals surface area contributed by atoms with E-state index in [1.807, 2.05) is 0 Å². The highest BCUT2D eigenvalue weighted by molar-refractivity contribution is 6.32. The lowest BCUT2D eigenvalue weighted by atomic mass is 9.52. The molecule has 0 bridgehead atoms. The molecule has 2 aromatic rings. The smallest absolute Gasteiger partial charge is 0.235 e. The number of primary amides is 1. The fourth-order valence-electron chi connectivity index (χ4n) is 6.21. The van der Waals surface area contributed by atoms with Gasteiger partial charge in [0.2, 0.25) is 5.91 Å². The Hall–Kier alpha value is -3.70. The predicted molar refractivity (Wildman–Crippen MR) is 118 cm³/mol. The number of benzene rings is 1. The number of aromatic hydroxyl groups is 1. The fraction of sp³-hybridized carbons (Fsp3) is 0.417. The van der Waals surface area contributed by atoms with Crippen LogP contribution in [0.4, 0.5) is 0 Å². The summed E-state index contributed by atoms with van der Waals surface area (Å²) < 4.78 is 1.54. The van der Waals surface area contributed by atoms with Gasteiger partial charge >= 0.3 is 0 Å². The van der Waals surface area contributed by atoms with Crippen molar-refractivity contribution in [2.75, 3.05) is 14.1 Å². The van der Waals surface area contributed by atoms with E-state index in [0.29, 0.717) is 11.3 Å². The molecule has 4 N–H and O–H groups in total. The molecular formula is C24H24N4O7. The van der Waals surface area contributed by atoms with Crippen LogP contribution < -0.4 is 5.73 Å². The number of phenolic OH excluding ortho intramolecular Hbond substituents is 1. The van der Waals surface area contributed by atoms with Crippen molar-refractivity contribution in [3.8, 4) is 11.4 Å². The lowest BCUT2D eigenvalue weighted by molar-refractivity contribution is -0.181. The quantitative estimate of drug-likeness (QED) is 0.468. The standard InChI is InChI=1S/C24H24N4O7/c1-27(2)18-12-9-10-8-11-13(28-7-3-6-26-28)4-5-14(29)16(11)19(30)15(10)21(32)24(12,35)22(33)17(20(18)31)23(25)34/h3-7,10,12,15,17-18,29,35H,8-9H2,1-2H3,(H2,25,34)/t10-,12-,15?,17?,18-,24-/m0/s1. The van der Waals surface area contributed by atoms with Gasteiger partial charge in [-0.05, 0) is 56.6 Å². The molecule has 1 amide bonds. The molecule has 0 radical (unpaired) electrons. The average Bonchev–Trinajstić information content (AvgIpc) is 3.30. The molecule has 182 valence electrons. The van der Waals surface area contributed by atoms with Crippen molar-refractivity contribution in [1.29, 1.82) is 0 Å². The number of ketones is 4. The predicted octanol–water partition coefficient (Wildman–Crippen LogP) is -0.947. The second-order valence-corrected chi connectivity index (χ2v) is 9.70. The second-order valence-electron chi connectivity index (χ2n) is 9.70. The molecule has 6 atom stereocenters. The zero-order valence-corrected chi connectivity index (χ0v) is 19.0. The monoisotopic (exact) mass is 480 g/mol. The van der Waals surface area contributed by atoms with Crippen molar-refractivity contribution < 1.29 is 34.2 Å². The lowest BCUT2D eigenvalue weighted by Gasteiger charge is -2.52. The van der Waals surface area contributed by atoms with Crippen LogP contribution in [0.1, 0.15) is 22.3 Å². The minimum Gasteiger partial charge on any atom is -0.507 e. The summed E-state index contributed by atoms with van der Waals surface area (Å²) >= 11 is 0. The number of carbonyl (C=O) groups excluding carboxylic acids is 5. The van der Waals surface area contributed by atoms with Crippen LogP contribution in [-0.4, -0.2) is 79.7 Å². The molecule has 35 heavy (non-hydrogen) atoms. The number of amides is 1. The summed E-state index contributed by atoms with van der Waals surface area (Å²) in [4.78, 5) is 67.2. The second kappa shape index (κ2) is 7.65. The normalized spacial score (nSPS) is 32.3. The van der Waals surface area contributed by atoms with Gasteiger partial charge in [0.25, 0.3) is 0 Å². The van der Waals surface area contributed by atoms with E-state index in [4.69, 9.17) is 5.73 Å². The molecule has 3 aliphatic carbocycles. The summed E-state index contributed by atoms with van der Waals surface area (Å²) in [5, 5.41) is 26.3. The first-order valence-corrected chi connectivity index (χ1v) is 11.2. The van der Waals surface area contributed by atoms with Crippen LogP contribution in [0.15, 0.2) is 30.6 Å². The maximum absolute atomic E-state index is 13.7. The Balaban J connectivity index is 1.67. The number of aliphatic hydroxyl groups is 1. The van der Waals surface area contributed by atoms with Gasteiger partial charge in [0, 0.05) is 18.3 Å². The number of hydrogen-bond donors (Lipinski definition) is 3. The van der Waals surface area contributed by atoms with E-state index < -0.39 is 64.4 Å². The summed E-state index contributed by atoms with van der Waals surface area (Å²) in [6, 6.07) is 3.51. The van der Waals surface area contributed by atoms with E-state index in [0.717, 1.165) is 0 Å². The lowest BCUT2D eigenvalue weighted by Crippen LogP contribution is -2.74. The van der Waals surface area contributed by atoms with Crippen molar-refractivity contribution in [3.63, 3.8) is 0 Å². The van der Waals surface area contributed by atoms with Crippen molar-refractivity contribution in [1.82, 2.24) is 14.7 Å². The summed E-state index contributed by atoms with van der Waals surface area (Å²) in [7, 11) is 3.09.